The van der Waals surface area contributed by atoms with E-state index in [0.29, 0.717) is 0 Å². The Bertz CT molecular complexity index is 265. The monoisotopic (exact) mass is 206 g/mol. The van der Waals surface area contributed by atoms with Gasteiger partial charge in [0, 0.05) is 18.6 Å². The van der Waals surface area contributed by atoms with Crippen molar-refractivity contribution in [1.82, 2.24) is 0 Å². The van der Waals surface area contributed by atoms with Crippen molar-refractivity contribution in [3.05, 3.63) is 0 Å². The van der Waals surface area contributed by atoms with Crippen LogP contribution in [0.3, 0.4) is 0 Å². The van der Waals surface area contributed by atoms with Gasteiger partial charge in [-0.1, -0.05) is 20.8 Å². The molecule has 13 heavy (non-hydrogen) atoms. The highest BCUT2D eigenvalue weighted by atomic mass is 32.2. The van der Waals surface area contributed by atoms with Gasteiger partial charge in [0.1, 0.15) is 15.6 Å². The predicted octanol–water partition coefficient (Wildman–Crippen LogP) is 1.28. The molecule has 3 nitrogen and oxygen atoms in total. The molecule has 0 radical (unpaired) electrons. The second kappa shape index (κ2) is 4.74. The number of carbonyl (C=O) groups is 1. The summed E-state index contributed by atoms with van der Waals surface area (Å²) in [5.41, 5.74) is 0. The summed E-state index contributed by atoms with van der Waals surface area (Å²) < 4.78 is 21.6. The Labute approximate surface area is 80.4 Å². The van der Waals surface area contributed by atoms with Crippen LogP contribution >= 0.6 is 0 Å². The van der Waals surface area contributed by atoms with E-state index in [9.17, 15) is 13.2 Å². The second-order valence-corrected chi connectivity index (χ2v) is 6.14. The van der Waals surface area contributed by atoms with E-state index in [1.165, 1.54) is 0 Å². The van der Waals surface area contributed by atoms with E-state index in [1.807, 2.05) is 20.8 Å². The molecule has 0 aromatic heterocycles. The van der Waals surface area contributed by atoms with Crippen LogP contribution in [0.2, 0.25) is 0 Å². The fourth-order valence-electron chi connectivity index (χ4n) is 0.885. The van der Waals surface area contributed by atoms with E-state index in [2.05, 4.69) is 0 Å². The summed E-state index contributed by atoms with van der Waals surface area (Å²) in [6.07, 6.45) is 1.30. The van der Waals surface area contributed by atoms with Crippen LogP contribution in [0.1, 0.15) is 27.2 Å². The molecule has 0 bridgehead atoms. The molecular weight excluding hydrogens is 188 g/mol. The minimum Gasteiger partial charge on any atom is -0.299 e. The van der Waals surface area contributed by atoms with Crippen molar-refractivity contribution < 1.29 is 13.2 Å². The highest BCUT2D eigenvalue weighted by molar-refractivity contribution is 7.90. The largest absolute Gasteiger partial charge is 0.299 e. The van der Waals surface area contributed by atoms with Gasteiger partial charge in [0.2, 0.25) is 0 Å². The molecule has 0 saturated heterocycles. The molecule has 0 spiro atoms. The Kier molecular flexibility index (Phi) is 4.61. The smallest absolute Gasteiger partial charge is 0.147 e. The maximum absolute atomic E-state index is 11.4. The van der Waals surface area contributed by atoms with E-state index < -0.39 is 9.84 Å². The van der Waals surface area contributed by atoms with Crippen molar-refractivity contribution in [3.63, 3.8) is 0 Å². The van der Waals surface area contributed by atoms with E-state index in [1.54, 1.807) is 0 Å². The standard InChI is InChI=1S/C9H18O3S/c1-7(2)8(3)9(10)5-6-13(4,11)12/h7-8H,5-6H2,1-4H3. The third kappa shape index (κ3) is 5.80. The average Bonchev–Trinajstić information content (AvgIpc) is 1.97. The number of ketones is 1. The second-order valence-electron chi connectivity index (χ2n) is 3.88. The number of carbonyl (C=O) groups excluding carboxylic acids is 1. The zero-order chi connectivity index (χ0) is 10.6. The topological polar surface area (TPSA) is 51.2 Å². The van der Waals surface area contributed by atoms with Gasteiger partial charge in [-0.05, 0) is 5.92 Å². The SMILES string of the molecule is CC(C)C(C)C(=O)CCS(C)(=O)=O. The van der Waals surface area contributed by atoms with E-state index in [-0.39, 0.29) is 29.8 Å². The van der Waals surface area contributed by atoms with Gasteiger partial charge in [-0.2, -0.15) is 0 Å². The Hall–Kier alpha value is -0.380. The van der Waals surface area contributed by atoms with Crippen LogP contribution in [-0.4, -0.2) is 26.2 Å². The molecule has 0 heterocycles. The van der Waals surface area contributed by atoms with Gasteiger partial charge in [-0.15, -0.1) is 0 Å². The lowest BCUT2D eigenvalue weighted by Crippen LogP contribution is -2.19. The van der Waals surface area contributed by atoms with Gasteiger partial charge in [0.25, 0.3) is 0 Å². The molecule has 0 fully saturated rings. The first-order valence-electron chi connectivity index (χ1n) is 4.44. The van der Waals surface area contributed by atoms with Gasteiger partial charge in [-0.25, -0.2) is 8.42 Å². The van der Waals surface area contributed by atoms with Gasteiger partial charge in [0.05, 0.1) is 5.75 Å². The van der Waals surface area contributed by atoms with Crippen LogP contribution < -0.4 is 0 Å². The lowest BCUT2D eigenvalue weighted by atomic mass is 9.92. The molecule has 78 valence electrons. The molecule has 0 aliphatic heterocycles. The first kappa shape index (κ1) is 12.6. The van der Waals surface area contributed by atoms with Crippen LogP contribution in [0.25, 0.3) is 0 Å². The van der Waals surface area contributed by atoms with Crippen molar-refractivity contribution in [2.75, 3.05) is 12.0 Å². The van der Waals surface area contributed by atoms with Gasteiger partial charge in [-0.3, -0.25) is 4.79 Å². The molecule has 0 rings (SSSR count). The fraction of sp³-hybridized carbons (Fsp3) is 0.889. The number of hydrogen-bond donors (Lipinski definition) is 0. The highest BCUT2D eigenvalue weighted by Crippen LogP contribution is 2.12. The van der Waals surface area contributed by atoms with Crippen LogP contribution in [-0.2, 0) is 14.6 Å². The molecule has 0 saturated carbocycles. The van der Waals surface area contributed by atoms with Gasteiger partial charge < -0.3 is 0 Å². The highest BCUT2D eigenvalue weighted by Gasteiger charge is 2.17. The van der Waals surface area contributed by atoms with E-state index in [0.717, 1.165) is 6.26 Å². The molecule has 1 atom stereocenters. The molecule has 0 amide bonds. The number of Topliss-reactive ketones (excluding diaryl/α,β-unsaturated/α-hetero) is 1. The average molecular weight is 206 g/mol. The maximum Gasteiger partial charge on any atom is 0.147 e. The summed E-state index contributed by atoms with van der Waals surface area (Å²) in [6, 6.07) is 0. The molecule has 1 unspecified atom stereocenters. The zero-order valence-corrected chi connectivity index (χ0v) is 9.52. The van der Waals surface area contributed by atoms with Crippen molar-refractivity contribution in [2.24, 2.45) is 11.8 Å². The fourth-order valence-corrected chi connectivity index (χ4v) is 1.46. The van der Waals surface area contributed by atoms with Crippen LogP contribution in [0, 0.1) is 11.8 Å². The molecule has 0 aromatic rings. The minimum atomic E-state index is -3.00. The summed E-state index contributed by atoms with van der Waals surface area (Å²) in [5, 5.41) is 0. The Balaban J connectivity index is 4.03. The van der Waals surface area contributed by atoms with Crippen molar-refractivity contribution >= 4 is 15.6 Å². The van der Waals surface area contributed by atoms with Crippen molar-refractivity contribution in [1.29, 1.82) is 0 Å². The predicted molar refractivity (Wildman–Crippen MR) is 53.3 cm³/mol. The molecule has 0 aliphatic carbocycles. The summed E-state index contributed by atoms with van der Waals surface area (Å²) in [6.45, 7) is 5.77. The third-order valence-electron chi connectivity index (χ3n) is 2.23. The number of rotatable bonds is 5. The lowest BCUT2D eigenvalue weighted by molar-refractivity contribution is -0.123. The lowest BCUT2D eigenvalue weighted by Gasteiger charge is -2.13. The zero-order valence-electron chi connectivity index (χ0n) is 8.70. The van der Waals surface area contributed by atoms with Crippen LogP contribution in [0.4, 0.5) is 0 Å². The van der Waals surface area contributed by atoms with Crippen molar-refractivity contribution in [2.45, 2.75) is 27.2 Å². The third-order valence-corrected chi connectivity index (χ3v) is 3.17. The van der Waals surface area contributed by atoms with Crippen molar-refractivity contribution in [3.8, 4) is 0 Å². The first-order valence-corrected chi connectivity index (χ1v) is 6.50. The number of hydrogen-bond acceptors (Lipinski definition) is 3. The molecule has 0 aliphatic rings. The Morgan fingerprint density at radius 1 is 1.23 bits per heavy atom. The van der Waals surface area contributed by atoms with E-state index >= 15 is 0 Å². The van der Waals surface area contributed by atoms with Gasteiger partial charge in [0.15, 0.2) is 0 Å². The Morgan fingerprint density at radius 3 is 2.00 bits per heavy atom. The quantitative estimate of drug-likeness (QED) is 0.681. The summed E-state index contributed by atoms with van der Waals surface area (Å²) in [5.74, 6) is 0.261. The maximum atomic E-state index is 11.4. The molecule has 4 heteroatoms. The summed E-state index contributed by atoms with van der Waals surface area (Å²) >= 11 is 0. The number of sulfone groups is 1. The summed E-state index contributed by atoms with van der Waals surface area (Å²) in [4.78, 5) is 11.4. The minimum absolute atomic E-state index is 0.0249. The summed E-state index contributed by atoms with van der Waals surface area (Å²) in [7, 11) is -3.00. The molecule has 0 N–H and O–H groups in total. The molecular formula is C9H18O3S. The van der Waals surface area contributed by atoms with E-state index in [4.69, 9.17) is 0 Å². The normalized spacial score (nSPS) is 14.5. The van der Waals surface area contributed by atoms with Crippen LogP contribution in [0.5, 0.6) is 0 Å². The Morgan fingerprint density at radius 2 is 1.69 bits per heavy atom. The van der Waals surface area contributed by atoms with Gasteiger partial charge >= 0.3 is 0 Å². The van der Waals surface area contributed by atoms with Crippen LogP contribution in [0.15, 0.2) is 0 Å². The molecule has 0 aromatic carbocycles. The first-order chi connectivity index (χ1) is 5.74.